The average Bonchev–Trinajstić information content (AvgIpc) is 2.33. The molecule has 0 saturated heterocycles. The van der Waals surface area contributed by atoms with E-state index in [9.17, 15) is 0 Å². The zero-order valence-corrected chi connectivity index (χ0v) is 9.38. The summed E-state index contributed by atoms with van der Waals surface area (Å²) in [7, 11) is 0. The predicted molar refractivity (Wildman–Crippen MR) is 63.6 cm³/mol. The van der Waals surface area contributed by atoms with Gasteiger partial charge < -0.3 is 0 Å². The highest BCUT2D eigenvalue weighted by molar-refractivity contribution is 6.01. The molecule has 1 heterocycles. The molecule has 0 atom stereocenters. The summed E-state index contributed by atoms with van der Waals surface area (Å²) >= 11 is 0. The number of allylic oxidation sites excluding steroid dienone is 5. The minimum Gasteiger partial charge on any atom is -0.261 e. The molecular weight excluding hydrogens is 170 g/mol. The Morgan fingerprint density at radius 1 is 1.43 bits per heavy atom. The van der Waals surface area contributed by atoms with Crippen LogP contribution in [0.5, 0.6) is 0 Å². The first-order valence-corrected chi connectivity index (χ1v) is 5.31. The molecule has 1 rings (SSSR count). The van der Waals surface area contributed by atoms with Gasteiger partial charge in [0.1, 0.15) is 0 Å². The maximum Gasteiger partial charge on any atom is 0.0441 e. The molecule has 0 aliphatic carbocycles. The lowest BCUT2D eigenvalue weighted by Gasteiger charge is -1.98. The van der Waals surface area contributed by atoms with Gasteiger partial charge in [-0.1, -0.05) is 37.1 Å². The van der Waals surface area contributed by atoms with E-state index in [0.29, 0.717) is 0 Å². The van der Waals surface area contributed by atoms with Crippen molar-refractivity contribution in [1.82, 2.24) is 0 Å². The Hall–Kier alpha value is -1.11. The fourth-order valence-corrected chi connectivity index (χ4v) is 1.32. The Labute approximate surface area is 86.9 Å². The van der Waals surface area contributed by atoms with Crippen LogP contribution < -0.4 is 0 Å². The second kappa shape index (κ2) is 5.58. The standard InChI is InChI=1S/C13H19N/c1-4-5-6-7-13-9-8-11(2)10-14-12(13)3/h6-7,9-10H,4-5,8H2,1-3H3/b7-6-. The van der Waals surface area contributed by atoms with Crippen molar-refractivity contribution in [1.29, 1.82) is 0 Å². The zero-order valence-electron chi connectivity index (χ0n) is 9.38. The molecule has 0 amide bonds. The highest BCUT2D eigenvalue weighted by Crippen LogP contribution is 2.13. The van der Waals surface area contributed by atoms with Gasteiger partial charge in [0.15, 0.2) is 0 Å². The second-order valence-corrected chi connectivity index (χ2v) is 3.74. The van der Waals surface area contributed by atoms with E-state index in [2.05, 4.69) is 44.0 Å². The van der Waals surface area contributed by atoms with Crippen LogP contribution in [-0.2, 0) is 0 Å². The molecule has 1 aliphatic heterocycles. The van der Waals surface area contributed by atoms with Crippen molar-refractivity contribution >= 4 is 5.71 Å². The molecule has 0 aromatic carbocycles. The van der Waals surface area contributed by atoms with Gasteiger partial charge in [-0.15, -0.1) is 0 Å². The number of rotatable bonds is 3. The summed E-state index contributed by atoms with van der Waals surface area (Å²) in [5.41, 5.74) is 3.71. The minimum absolute atomic E-state index is 1.02. The molecule has 0 unspecified atom stereocenters. The molecule has 0 spiro atoms. The molecule has 0 aromatic rings. The first-order chi connectivity index (χ1) is 6.74. The van der Waals surface area contributed by atoms with Gasteiger partial charge in [-0.05, 0) is 32.3 Å². The SMILES string of the molecule is CCC/C=C\C1=CCC(C)=CN=C1C. The summed E-state index contributed by atoms with van der Waals surface area (Å²) in [5, 5.41) is 0. The quantitative estimate of drug-likeness (QED) is 0.635. The first kappa shape index (κ1) is 11.0. The fourth-order valence-electron chi connectivity index (χ4n) is 1.32. The molecule has 0 bridgehead atoms. The third-order valence-corrected chi connectivity index (χ3v) is 2.29. The summed E-state index contributed by atoms with van der Waals surface area (Å²) < 4.78 is 0. The Bertz CT molecular complexity index is 303. The highest BCUT2D eigenvalue weighted by atomic mass is 14.7. The van der Waals surface area contributed by atoms with Crippen molar-refractivity contribution in [3.63, 3.8) is 0 Å². The Kier molecular flexibility index (Phi) is 4.37. The Morgan fingerprint density at radius 2 is 2.21 bits per heavy atom. The summed E-state index contributed by atoms with van der Waals surface area (Å²) in [6.07, 6.45) is 12.0. The monoisotopic (exact) mass is 189 g/mol. The van der Waals surface area contributed by atoms with Gasteiger partial charge in [0.25, 0.3) is 0 Å². The molecule has 0 saturated carbocycles. The number of aliphatic imine (C=N–C) groups is 1. The van der Waals surface area contributed by atoms with Crippen LogP contribution in [0.2, 0.25) is 0 Å². The summed E-state index contributed by atoms with van der Waals surface area (Å²) in [5.74, 6) is 0. The maximum absolute atomic E-state index is 4.40. The van der Waals surface area contributed by atoms with Gasteiger partial charge in [0.05, 0.1) is 0 Å². The summed E-state index contributed by atoms with van der Waals surface area (Å²) in [6.45, 7) is 6.38. The van der Waals surface area contributed by atoms with Gasteiger partial charge >= 0.3 is 0 Å². The van der Waals surface area contributed by atoms with Crippen LogP contribution >= 0.6 is 0 Å². The van der Waals surface area contributed by atoms with Crippen LogP contribution in [0.25, 0.3) is 0 Å². The van der Waals surface area contributed by atoms with E-state index in [1.54, 1.807) is 0 Å². The highest BCUT2D eigenvalue weighted by Gasteiger charge is 2.00. The van der Waals surface area contributed by atoms with Crippen molar-refractivity contribution in [2.24, 2.45) is 4.99 Å². The van der Waals surface area contributed by atoms with Crippen LogP contribution in [0.4, 0.5) is 0 Å². The van der Waals surface area contributed by atoms with Gasteiger partial charge in [0, 0.05) is 11.9 Å². The first-order valence-electron chi connectivity index (χ1n) is 5.31. The zero-order chi connectivity index (χ0) is 10.4. The lowest BCUT2D eigenvalue weighted by atomic mass is 10.1. The van der Waals surface area contributed by atoms with Crippen molar-refractivity contribution in [3.8, 4) is 0 Å². The fraction of sp³-hybridized carbons (Fsp3) is 0.462. The number of unbranched alkanes of at least 4 members (excludes halogenated alkanes) is 1. The smallest absolute Gasteiger partial charge is 0.0441 e. The molecular formula is C13H19N. The second-order valence-electron chi connectivity index (χ2n) is 3.74. The largest absolute Gasteiger partial charge is 0.261 e. The van der Waals surface area contributed by atoms with E-state index in [1.807, 2.05) is 6.20 Å². The van der Waals surface area contributed by atoms with E-state index in [0.717, 1.165) is 18.6 Å². The van der Waals surface area contributed by atoms with Crippen molar-refractivity contribution in [3.05, 3.63) is 35.6 Å². The summed E-state index contributed by atoms with van der Waals surface area (Å²) in [6, 6.07) is 0. The minimum atomic E-state index is 1.02. The predicted octanol–water partition coefficient (Wildman–Crippen LogP) is 4.04. The van der Waals surface area contributed by atoms with Crippen molar-refractivity contribution in [2.75, 3.05) is 0 Å². The van der Waals surface area contributed by atoms with Gasteiger partial charge in [-0.3, -0.25) is 4.99 Å². The number of nitrogens with zero attached hydrogens (tertiary/aromatic N) is 1. The van der Waals surface area contributed by atoms with Crippen LogP contribution in [0.15, 0.2) is 40.6 Å². The summed E-state index contributed by atoms with van der Waals surface area (Å²) in [4.78, 5) is 4.40. The van der Waals surface area contributed by atoms with Crippen LogP contribution in [0, 0.1) is 0 Å². The molecule has 1 nitrogen and oxygen atoms in total. The average molecular weight is 189 g/mol. The van der Waals surface area contributed by atoms with Gasteiger partial charge in [0.2, 0.25) is 0 Å². The maximum atomic E-state index is 4.40. The van der Waals surface area contributed by atoms with Crippen LogP contribution in [0.3, 0.4) is 0 Å². The lowest BCUT2D eigenvalue weighted by Crippen LogP contribution is -1.92. The van der Waals surface area contributed by atoms with Crippen molar-refractivity contribution < 1.29 is 0 Å². The molecule has 0 radical (unpaired) electrons. The van der Waals surface area contributed by atoms with E-state index < -0.39 is 0 Å². The Balaban J connectivity index is 2.70. The van der Waals surface area contributed by atoms with E-state index in [4.69, 9.17) is 0 Å². The van der Waals surface area contributed by atoms with Crippen LogP contribution in [0.1, 0.15) is 40.0 Å². The third-order valence-electron chi connectivity index (χ3n) is 2.29. The molecule has 1 heteroatoms. The number of hydrogen-bond acceptors (Lipinski definition) is 1. The number of hydrogen-bond donors (Lipinski definition) is 0. The molecule has 1 aliphatic rings. The molecule has 14 heavy (non-hydrogen) atoms. The van der Waals surface area contributed by atoms with Gasteiger partial charge in [-0.25, -0.2) is 0 Å². The lowest BCUT2D eigenvalue weighted by molar-refractivity contribution is 0.958. The van der Waals surface area contributed by atoms with Crippen LogP contribution in [-0.4, -0.2) is 5.71 Å². The van der Waals surface area contributed by atoms with Gasteiger partial charge in [-0.2, -0.15) is 0 Å². The van der Waals surface area contributed by atoms with E-state index in [-0.39, 0.29) is 0 Å². The van der Waals surface area contributed by atoms with E-state index >= 15 is 0 Å². The molecule has 0 aromatic heterocycles. The molecule has 0 N–H and O–H groups in total. The normalized spacial score (nSPS) is 17.5. The van der Waals surface area contributed by atoms with E-state index in [1.165, 1.54) is 17.6 Å². The molecule has 76 valence electrons. The third kappa shape index (κ3) is 3.33. The van der Waals surface area contributed by atoms with Crippen molar-refractivity contribution in [2.45, 2.75) is 40.0 Å². The molecule has 0 fully saturated rings. The Morgan fingerprint density at radius 3 is 2.93 bits per heavy atom. The topological polar surface area (TPSA) is 12.4 Å².